The molecule has 4 nitrogen and oxygen atoms in total. The molecule has 0 heterocycles. The maximum absolute atomic E-state index is 10.4. The van der Waals surface area contributed by atoms with Crippen LogP contribution in [0.4, 0.5) is 0 Å². The SMILES string of the molecule is NCc1cc(O)c(-c2ccc(O)c(O)c2)cc1C1CCCCC1. The molecule has 122 valence electrons. The van der Waals surface area contributed by atoms with Crippen LogP contribution in [0.1, 0.15) is 49.1 Å². The van der Waals surface area contributed by atoms with Gasteiger partial charge in [-0.2, -0.15) is 0 Å². The fraction of sp³-hybridized carbons (Fsp3) is 0.368. The third kappa shape index (κ3) is 3.13. The fourth-order valence-corrected chi connectivity index (χ4v) is 3.54. The van der Waals surface area contributed by atoms with E-state index in [9.17, 15) is 15.3 Å². The maximum Gasteiger partial charge on any atom is 0.158 e. The van der Waals surface area contributed by atoms with Gasteiger partial charge in [0, 0.05) is 12.1 Å². The summed E-state index contributed by atoms with van der Waals surface area (Å²) in [7, 11) is 0. The van der Waals surface area contributed by atoms with Gasteiger partial charge >= 0.3 is 0 Å². The van der Waals surface area contributed by atoms with E-state index in [0.717, 1.165) is 18.4 Å². The van der Waals surface area contributed by atoms with Gasteiger partial charge in [-0.25, -0.2) is 0 Å². The van der Waals surface area contributed by atoms with Gasteiger partial charge in [-0.3, -0.25) is 0 Å². The van der Waals surface area contributed by atoms with Crippen LogP contribution in [0.2, 0.25) is 0 Å². The van der Waals surface area contributed by atoms with Gasteiger partial charge < -0.3 is 21.1 Å². The molecule has 3 rings (SSSR count). The number of nitrogens with two attached hydrogens (primary N) is 1. The maximum atomic E-state index is 10.4. The van der Waals surface area contributed by atoms with Gasteiger partial charge in [-0.05, 0) is 59.7 Å². The molecule has 2 aromatic rings. The molecular weight excluding hydrogens is 290 g/mol. The summed E-state index contributed by atoms with van der Waals surface area (Å²) in [5, 5.41) is 29.6. The highest BCUT2D eigenvalue weighted by atomic mass is 16.3. The lowest BCUT2D eigenvalue weighted by molar-refractivity contribution is 0.404. The molecule has 0 unspecified atom stereocenters. The number of phenolic OH excluding ortho intramolecular Hbond substituents is 3. The van der Waals surface area contributed by atoms with E-state index in [-0.39, 0.29) is 17.2 Å². The van der Waals surface area contributed by atoms with Crippen LogP contribution < -0.4 is 5.73 Å². The molecule has 0 radical (unpaired) electrons. The van der Waals surface area contributed by atoms with Crippen LogP contribution in [0.5, 0.6) is 17.2 Å². The smallest absolute Gasteiger partial charge is 0.158 e. The molecule has 1 fully saturated rings. The molecule has 0 atom stereocenters. The molecule has 5 N–H and O–H groups in total. The van der Waals surface area contributed by atoms with Crippen molar-refractivity contribution in [3.8, 4) is 28.4 Å². The minimum atomic E-state index is -0.191. The Morgan fingerprint density at radius 1 is 0.870 bits per heavy atom. The zero-order valence-corrected chi connectivity index (χ0v) is 13.1. The predicted molar refractivity (Wildman–Crippen MR) is 90.6 cm³/mol. The van der Waals surface area contributed by atoms with Crippen molar-refractivity contribution >= 4 is 0 Å². The summed E-state index contributed by atoms with van der Waals surface area (Å²) in [5.74, 6) is 0.269. The van der Waals surface area contributed by atoms with Crippen molar-refractivity contribution in [3.05, 3.63) is 41.5 Å². The number of benzene rings is 2. The Morgan fingerprint density at radius 2 is 1.61 bits per heavy atom. The Bertz CT molecular complexity index is 706. The number of aromatic hydroxyl groups is 3. The fourth-order valence-electron chi connectivity index (χ4n) is 3.54. The first-order chi connectivity index (χ1) is 11.1. The minimum absolute atomic E-state index is 0.148. The molecule has 1 aliphatic rings. The van der Waals surface area contributed by atoms with Crippen molar-refractivity contribution in [2.75, 3.05) is 0 Å². The molecule has 23 heavy (non-hydrogen) atoms. The molecule has 1 saturated carbocycles. The van der Waals surface area contributed by atoms with E-state index in [1.165, 1.54) is 37.0 Å². The lowest BCUT2D eigenvalue weighted by atomic mass is 9.81. The van der Waals surface area contributed by atoms with Crippen molar-refractivity contribution in [1.82, 2.24) is 0 Å². The predicted octanol–water partition coefficient (Wildman–Crippen LogP) is 3.98. The summed E-state index contributed by atoms with van der Waals surface area (Å²) in [6.45, 7) is 0.403. The minimum Gasteiger partial charge on any atom is -0.507 e. The first-order valence-electron chi connectivity index (χ1n) is 8.18. The Labute approximate surface area is 136 Å². The van der Waals surface area contributed by atoms with Crippen LogP contribution in [0.15, 0.2) is 30.3 Å². The zero-order valence-electron chi connectivity index (χ0n) is 13.1. The monoisotopic (exact) mass is 313 g/mol. The van der Waals surface area contributed by atoms with Gasteiger partial charge in [0.15, 0.2) is 11.5 Å². The molecule has 0 amide bonds. The number of rotatable bonds is 3. The second kappa shape index (κ2) is 6.50. The van der Waals surface area contributed by atoms with Crippen molar-refractivity contribution in [1.29, 1.82) is 0 Å². The summed E-state index contributed by atoms with van der Waals surface area (Å²) in [5.41, 5.74) is 9.41. The molecule has 2 aromatic carbocycles. The molecular formula is C19H23NO3. The number of hydrogen-bond donors (Lipinski definition) is 4. The third-order valence-electron chi connectivity index (χ3n) is 4.81. The van der Waals surface area contributed by atoms with E-state index in [1.54, 1.807) is 12.1 Å². The van der Waals surface area contributed by atoms with Gasteiger partial charge in [0.25, 0.3) is 0 Å². The Kier molecular flexibility index (Phi) is 4.44. The zero-order chi connectivity index (χ0) is 16.4. The van der Waals surface area contributed by atoms with Crippen LogP contribution in [-0.4, -0.2) is 15.3 Å². The highest BCUT2D eigenvalue weighted by molar-refractivity contribution is 5.74. The third-order valence-corrected chi connectivity index (χ3v) is 4.81. The Hall–Kier alpha value is -2.20. The van der Waals surface area contributed by atoms with Gasteiger partial charge in [0.05, 0.1) is 0 Å². The van der Waals surface area contributed by atoms with Crippen LogP contribution in [-0.2, 0) is 6.54 Å². The second-order valence-corrected chi connectivity index (χ2v) is 6.31. The highest BCUT2D eigenvalue weighted by Gasteiger charge is 2.20. The van der Waals surface area contributed by atoms with Crippen molar-refractivity contribution in [2.45, 2.75) is 44.6 Å². The number of hydrogen-bond acceptors (Lipinski definition) is 4. The summed E-state index contributed by atoms with van der Waals surface area (Å²) >= 11 is 0. The van der Waals surface area contributed by atoms with E-state index in [0.29, 0.717) is 23.6 Å². The van der Waals surface area contributed by atoms with E-state index in [2.05, 4.69) is 0 Å². The van der Waals surface area contributed by atoms with Crippen LogP contribution in [0.25, 0.3) is 11.1 Å². The van der Waals surface area contributed by atoms with Crippen molar-refractivity contribution in [2.24, 2.45) is 5.73 Å². The molecule has 0 aliphatic heterocycles. The van der Waals surface area contributed by atoms with Crippen LogP contribution in [0, 0.1) is 0 Å². The first kappa shape index (κ1) is 15.7. The average Bonchev–Trinajstić information content (AvgIpc) is 2.58. The van der Waals surface area contributed by atoms with Crippen LogP contribution in [0.3, 0.4) is 0 Å². The normalized spacial score (nSPS) is 15.7. The Balaban J connectivity index is 2.07. The largest absolute Gasteiger partial charge is 0.507 e. The second-order valence-electron chi connectivity index (χ2n) is 6.31. The molecule has 1 aliphatic carbocycles. The van der Waals surface area contributed by atoms with E-state index < -0.39 is 0 Å². The quantitative estimate of drug-likeness (QED) is 0.646. The standard InChI is InChI=1S/C19H23NO3/c20-11-14-9-18(22)16(13-6-7-17(21)19(23)8-13)10-15(14)12-4-2-1-3-5-12/h6-10,12,21-23H,1-5,11,20H2. The topological polar surface area (TPSA) is 86.7 Å². The van der Waals surface area contributed by atoms with Crippen molar-refractivity contribution in [3.63, 3.8) is 0 Å². The summed E-state index contributed by atoms with van der Waals surface area (Å²) in [4.78, 5) is 0. The van der Waals surface area contributed by atoms with Gasteiger partial charge in [-0.1, -0.05) is 25.3 Å². The molecule has 0 bridgehead atoms. The Morgan fingerprint density at radius 3 is 2.26 bits per heavy atom. The van der Waals surface area contributed by atoms with Gasteiger partial charge in [0.1, 0.15) is 5.75 Å². The lowest BCUT2D eigenvalue weighted by Gasteiger charge is -2.25. The summed E-state index contributed by atoms with van der Waals surface area (Å²) in [6.07, 6.45) is 6.04. The first-order valence-corrected chi connectivity index (χ1v) is 8.18. The molecule has 0 saturated heterocycles. The van der Waals surface area contributed by atoms with E-state index >= 15 is 0 Å². The number of phenols is 3. The molecule has 0 spiro atoms. The summed E-state index contributed by atoms with van der Waals surface area (Å²) in [6, 6.07) is 8.33. The average molecular weight is 313 g/mol. The molecule has 4 heteroatoms. The van der Waals surface area contributed by atoms with Gasteiger partial charge in [0.2, 0.25) is 0 Å². The summed E-state index contributed by atoms with van der Waals surface area (Å²) < 4.78 is 0. The van der Waals surface area contributed by atoms with E-state index in [1.807, 2.05) is 6.07 Å². The molecule has 0 aromatic heterocycles. The highest BCUT2D eigenvalue weighted by Crippen LogP contribution is 2.41. The lowest BCUT2D eigenvalue weighted by Crippen LogP contribution is -2.10. The van der Waals surface area contributed by atoms with Crippen molar-refractivity contribution < 1.29 is 15.3 Å². The van der Waals surface area contributed by atoms with Crippen LogP contribution >= 0.6 is 0 Å². The van der Waals surface area contributed by atoms with Gasteiger partial charge in [-0.15, -0.1) is 0 Å². The van der Waals surface area contributed by atoms with E-state index in [4.69, 9.17) is 5.73 Å².